The first-order valence-corrected chi connectivity index (χ1v) is 15.1. The molecule has 2 aromatic heterocycles. The van der Waals surface area contributed by atoms with Crippen molar-refractivity contribution in [3.63, 3.8) is 0 Å². The predicted octanol–water partition coefficient (Wildman–Crippen LogP) is 3.69. The summed E-state index contributed by atoms with van der Waals surface area (Å²) in [6.45, 7) is 5.96. The molecule has 0 unspecified atom stereocenters. The van der Waals surface area contributed by atoms with Crippen molar-refractivity contribution in [3.8, 4) is 11.1 Å². The highest BCUT2D eigenvalue weighted by Gasteiger charge is 2.26. The van der Waals surface area contributed by atoms with Gasteiger partial charge in [-0.25, -0.2) is 17.9 Å². The highest BCUT2D eigenvalue weighted by atomic mass is 32.2. The zero-order valence-electron chi connectivity index (χ0n) is 21.7. The number of sulfone groups is 1. The maximum Gasteiger partial charge on any atom is 0.175 e. The van der Waals surface area contributed by atoms with E-state index in [0.717, 1.165) is 62.0 Å². The number of pyridine rings is 1. The first-order valence-electron chi connectivity index (χ1n) is 13.2. The Morgan fingerprint density at radius 2 is 1.71 bits per heavy atom. The first kappa shape index (κ1) is 25.0. The summed E-state index contributed by atoms with van der Waals surface area (Å²) >= 11 is 0. The van der Waals surface area contributed by atoms with Crippen LogP contribution in [-0.2, 0) is 21.0 Å². The minimum atomic E-state index is -3.24. The van der Waals surface area contributed by atoms with Gasteiger partial charge in [-0.1, -0.05) is 24.3 Å². The van der Waals surface area contributed by atoms with Crippen molar-refractivity contribution >= 4 is 21.2 Å². The van der Waals surface area contributed by atoms with Crippen molar-refractivity contribution in [2.75, 3.05) is 50.5 Å². The molecule has 0 aliphatic carbocycles. The average Bonchev–Trinajstić information content (AvgIpc) is 3.36. The fourth-order valence-corrected chi connectivity index (χ4v) is 6.24. The van der Waals surface area contributed by atoms with Gasteiger partial charge in [0, 0.05) is 62.3 Å². The van der Waals surface area contributed by atoms with E-state index in [2.05, 4.69) is 34.1 Å². The van der Waals surface area contributed by atoms with Gasteiger partial charge in [-0.3, -0.25) is 4.90 Å². The molecule has 8 nitrogen and oxygen atoms in total. The SMILES string of the molecule is CS(=O)(=O)c1ccc(-c2cccn3nc(Cc4cccc(N5CCC(N6CCOCC6)CC5)c4)nc23)cc1. The van der Waals surface area contributed by atoms with Crippen LogP contribution in [0, 0.1) is 0 Å². The number of anilines is 1. The molecular weight excluding hydrogens is 498 g/mol. The van der Waals surface area contributed by atoms with E-state index in [1.54, 1.807) is 16.6 Å². The molecule has 6 rings (SSSR count). The predicted molar refractivity (Wildman–Crippen MR) is 148 cm³/mol. The molecule has 2 fully saturated rings. The lowest BCUT2D eigenvalue weighted by Gasteiger charge is -2.40. The Kier molecular flexibility index (Phi) is 6.90. The molecule has 38 heavy (non-hydrogen) atoms. The first-order chi connectivity index (χ1) is 18.4. The highest BCUT2D eigenvalue weighted by molar-refractivity contribution is 7.90. The number of hydrogen-bond acceptors (Lipinski definition) is 7. The Balaban J connectivity index is 1.17. The van der Waals surface area contributed by atoms with E-state index < -0.39 is 9.84 Å². The summed E-state index contributed by atoms with van der Waals surface area (Å²) in [5, 5.41) is 4.74. The Labute approximate surface area is 223 Å². The molecule has 2 saturated heterocycles. The van der Waals surface area contributed by atoms with Gasteiger partial charge < -0.3 is 9.64 Å². The van der Waals surface area contributed by atoms with Crippen molar-refractivity contribution in [1.29, 1.82) is 0 Å². The van der Waals surface area contributed by atoms with Crippen molar-refractivity contribution in [2.24, 2.45) is 0 Å². The minimum absolute atomic E-state index is 0.306. The van der Waals surface area contributed by atoms with Crippen molar-refractivity contribution in [3.05, 3.63) is 78.2 Å². The molecule has 4 heterocycles. The fourth-order valence-electron chi connectivity index (χ4n) is 5.61. The van der Waals surface area contributed by atoms with Crippen molar-refractivity contribution < 1.29 is 13.2 Å². The third-order valence-corrected chi connectivity index (χ3v) is 8.79. The summed E-state index contributed by atoms with van der Waals surface area (Å²) in [5.41, 5.74) is 5.04. The van der Waals surface area contributed by atoms with E-state index in [1.807, 2.05) is 30.5 Å². The highest BCUT2D eigenvalue weighted by Crippen LogP contribution is 2.27. The van der Waals surface area contributed by atoms with E-state index in [0.29, 0.717) is 17.4 Å². The number of hydrogen-bond donors (Lipinski definition) is 0. The van der Waals surface area contributed by atoms with Crippen LogP contribution in [0.3, 0.4) is 0 Å². The molecule has 198 valence electrons. The Bertz CT molecular complexity index is 1520. The van der Waals surface area contributed by atoms with Gasteiger partial charge in [-0.15, -0.1) is 0 Å². The van der Waals surface area contributed by atoms with Gasteiger partial charge in [0.1, 0.15) is 0 Å². The van der Waals surface area contributed by atoms with Crippen LogP contribution in [0.15, 0.2) is 71.8 Å². The van der Waals surface area contributed by atoms with Crippen molar-refractivity contribution in [2.45, 2.75) is 30.2 Å². The van der Waals surface area contributed by atoms with Gasteiger partial charge in [-0.2, -0.15) is 5.10 Å². The van der Waals surface area contributed by atoms with Crippen LogP contribution >= 0.6 is 0 Å². The third-order valence-electron chi connectivity index (χ3n) is 7.66. The molecule has 0 atom stereocenters. The number of ether oxygens (including phenoxy) is 1. The van der Waals surface area contributed by atoms with E-state index >= 15 is 0 Å². The van der Waals surface area contributed by atoms with Gasteiger partial charge in [0.15, 0.2) is 21.3 Å². The number of rotatable bonds is 6. The molecular formula is C29H33N5O3S. The number of benzene rings is 2. The number of aromatic nitrogens is 3. The lowest BCUT2D eigenvalue weighted by molar-refractivity contribution is 0.0115. The molecule has 0 N–H and O–H groups in total. The Morgan fingerprint density at radius 3 is 2.45 bits per heavy atom. The standard InChI is InChI=1S/C29H33N5O3S/c1-38(35,36)26-9-7-23(8-10-26)27-6-3-13-34-29(27)30-28(31-34)21-22-4-2-5-25(20-22)32-14-11-24(12-15-32)33-16-18-37-19-17-33/h2-10,13,20,24H,11-12,14-19,21H2,1H3. The van der Waals surface area contributed by atoms with Crippen LogP contribution in [0.25, 0.3) is 16.8 Å². The van der Waals surface area contributed by atoms with Crippen LogP contribution in [0.2, 0.25) is 0 Å². The number of nitrogens with zero attached hydrogens (tertiary/aromatic N) is 5. The zero-order valence-corrected chi connectivity index (χ0v) is 22.5. The number of morpholine rings is 1. The molecule has 9 heteroatoms. The van der Waals surface area contributed by atoms with Gasteiger partial charge in [0.25, 0.3) is 0 Å². The van der Waals surface area contributed by atoms with Crippen LogP contribution in [0.1, 0.15) is 24.2 Å². The number of piperidine rings is 1. The van der Waals surface area contributed by atoms with E-state index in [1.165, 1.54) is 30.3 Å². The smallest absolute Gasteiger partial charge is 0.175 e. The minimum Gasteiger partial charge on any atom is -0.379 e. The average molecular weight is 532 g/mol. The van der Waals surface area contributed by atoms with Gasteiger partial charge >= 0.3 is 0 Å². The summed E-state index contributed by atoms with van der Waals surface area (Å²) in [7, 11) is -3.24. The summed E-state index contributed by atoms with van der Waals surface area (Å²) in [4.78, 5) is 10.3. The number of fused-ring (bicyclic) bond motifs is 1. The molecule has 0 saturated carbocycles. The van der Waals surface area contributed by atoms with Crippen molar-refractivity contribution in [1.82, 2.24) is 19.5 Å². The maximum atomic E-state index is 11.8. The molecule has 2 aromatic carbocycles. The Hall–Kier alpha value is -3.27. The van der Waals surface area contributed by atoms with Crippen LogP contribution < -0.4 is 4.90 Å². The molecule has 2 aliphatic rings. The van der Waals surface area contributed by atoms with E-state index in [-0.39, 0.29) is 0 Å². The molecule has 2 aliphatic heterocycles. The summed E-state index contributed by atoms with van der Waals surface area (Å²) < 4.78 is 31.0. The van der Waals surface area contributed by atoms with E-state index in [9.17, 15) is 8.42 Å². The van der Waals surface area contributed by atoms with Gasteiger partial charge in [0.05, 0.1) is 18.1 Å². The summed E-state index contributed by atoms with van der Waals surface area (Å²) in [6.07, 6.45) is 6.13. The maximum absolute atomic E-state index is 11.8. The molecule has 4 aromatic rings. The summed E-state index contributed by atoms with van der Waals surface area (Å²) in [5.74, 6) is 0.758. The third kappa shape index (κ3) is 5.32. The second-order valence-corrected chi connectivity index (χ2v) is 12.2. The second kappa shape index (κ2) is 10.5. The van der Waals surface area contributed by atoms with Crippen LogP contribution in [-0.4, -0.2) is 79.6 Å². The second-order valence-electron chi connectivity index (χ2n) is 10.2. The van der Waals surface area contributed by atoms with Gasteiger partial charge in [-0.05, 0) is 60.4 Å². The topological polar surface area (TPSA) is 80.0 Å². The molecule has 0 bridgehead atoms. The normalized spacial score (nSPS) is 17.8. The summed E-state index contributed by atoms with van der Waals surface area (Å²) in [6, 6.07) is 20.3. The molecule has 0 spiro atoms. The lowest BCUT2D eigenvalue weighted by atomic mass is 10.0. The molecule has 0 amide bonds. The fraction of sp³-hybridized carbons (Fsp3) is 0.379. The molecule has 0 radical (unpaired) electrons. The Morgan fingerprint density at radius 1 is 0.947 bits per heavy atom. The largest absolute Gasteiger partial charge is 0.379 e. The van der Waals surface area contributed by atoms with Crippen LogP contribution in [0.5, 0.6) is 0 Å². The monoisotopic (exact) mass is 531 g/mol. The zero-order chi connectivity index (χ0) is 26.1. The van der Waals surface area contributed by atoms with Gasteiger partial charge in [0.2, 0.25) is 0 Å². The van der Waals surface area contributed by atoms with Crippen LogP contribution in [0.4, 0.5) is 5.69 Å². The lowest BCUT2D eigenvalue weighted by Crippen LogP contribution is -2.49. The quantitative estimate of drug-likeness (QED) is 0.375. The van der Waals surface area contributed by atoms with E-state index in [4.69, 9.17) is 14.8 Å².